The van der Waals surface area contributed by atoms with Gasteiger partial charge in [0.2, 0.25) is 0 Å². The van der Waals surface area contributed by atoms with Crippen LogP contribution in [0.4, 0.5) is 6.01 Å². The number of carbonyl (C=O) groups is 1. The quantitative estimate of drug-likeness (QED) is 0.831. The molecule has 90 valence electrons. The minimum absolute atomic E-state index is 0.0131. The minimum atomic E-state index is -0.795. The van der Waals surface area contributed by atoms with Gasteiger partial charge in [0.25, 0.3) is 6.01 Å². The first-order chi connectivity index (χ1) is 8.15. The highest BCUT2D eigenvalue weighted by Crippen LogP contribution is 2.19. The number of rotatable bonds is 5. The number of para-hydroxylation sites is 2. The molecule has 0 bridgehead atoms. The van der Waals surface area contributed by atoms with Gasteiger partial charge < -0.3 is 14.8 Å². The van der Waals surface area contributed by atoms with Gasteiger partial charge in [0.1, 0.15) is 5.52 Å². The Balaban J connectivity index is 2.00. The number of carboxylic acid groups (broad SMARTS) is 1. The number of carboxylic acids is 1. The fraction of sp³-hybridized carbons (Fsp3) is 0.333. The Morgan fingerprint density at radius 1 is 1.53 bits per heavy atom. The van der Waals surface area contributed by atoms with Gasteiger partial charge in [-0.1, -0.05) is 12.1 Å². The van der Waals surface area contributed by atoms with Gasteiger partial charge in [0.05, 0.1) is 0 Å². The molecule has 1 aromatic heterocycles. The van der Waals surface area contributed by atoms with Gasteiger partial charge in [-0.05, 0) is 25.5 Å². The summed E-state index contributed by atoms with van der Waals surface area (Å²) < 4.78 is 5.48. The first kappa shape index (κ1) is 11.4. The predicted octanol–water partition coefficient (Wildman–Crippen LogP) is 2.49. The van der Waals surface area contributed by atoms with Crippen molar-refractivity contribution in [2.45, 2.75) is 25.8 Å². The van der Waals surface area contributed by atoms with Gasteiger partial charge in [0, 0.05) is 12.5 Å². The summed E-state index contributed by atoms with van der Waals surface area (Å²) in [7, 11) is 0. The van der Waals surface area contributed by atoms with Crippen molar-refractivity contribution < 1.29 is 14.3 Å². The van der Waals surface area contributed by atoms with E-state index in [1.807, 2.05) is 31.2 Å². The first-order valence-corrected chi connectivity index (χ1v) is 5.49. The Labute approximate surface area is 98.5 Å². The molecule has 0 radical (unpaired) electrons. The van der Waals surface area contributed by atoms with Crippen LogP contribution in [-0.2, 0) is 4.79 Å². The number of benzene rings is 1. The maximum atomic E-state index is 10.4. The molecule has 0 spiro atoms. The monoisotopic (exact) mass is 234 g/mol. The van der Waals surface area contributed by atoms with Crippen LogP contribution in [0.3, 0.4) is 0 Å². The number of nitrogens with zero attached hydrogens (tertiary/aromatic N) is 1. The molecule has 0 fully saturated rings. The summed E-state index contributed by atoms with van der Waals surface area (Å²) in [6.07, 6.45) is 0.669. The molecule has 0 aliphatic carbocycles. The van der Waals surface area contributed by atoms with Crippen molar-refractivity contribution in [1.82, 2.24) is 4.98 Å². The van der Waals surface area contributed by atoms with Crippen LogP contribution in [0.25, 0.3) is 11.1 Å². The molecule has 2 N–H and O–H groups in total. The molecule has 0 saturated carbocycles. The van der Waals surface area contributed by atoms with E-state index in [-0.39, 0.29) is 12.5 Å². The normalized spacial score (nSPS) is 12.5. The summed E-state index contributed by atoms with van der Waals surface area (Å²) in [6, 6.07) is 7.93. The van der Waals surface area contributed by atoms with Crippen molar-refractivity contribution in [2.75, 3.05) is 5.32 Å². The maximum Gasteiger partial charge on any atom is 0.303 e. The summed E-state index contributed by atoms with van der Waals surface area (Å²) in [5, 5.41) is 11.6. The van der Waals surface area contributed by atoms with E-state index in [1.165, 1.54) is 0 Å². The maximum absolute atomic E-state index is 10.4. The first-order valence-electron chi connectivity index (χ1n) is 5.49. The van der Waals surface area contributed by atoms with E-state index in [2.05, 4.69) is 10.3 Å². The number of aromatic nitrogens is 1. The Morgan fingerprint density at radius 2 is 2.29 bits per heavy atom. The third-order valence-electron chi connectivity index (χ3n) is 2.45. The van der Waals surface area contributed by atoms with E-state index >= 15 is 0 Å². The molecule has 1 aromatic carbocycles. The predicted molar refractivity (Wildman–Crippen MR) is 64.0 cm³/mol. The smallest absolute Gasteiger partial charge is 0.303 e. The Bertz CT molecular complexity index is 488. The van der Waals surface area contributed by atoms with E-state index in [4.69, 9.17) is 9.52 Å². The molecule has 2 rings (SSSR count). The van der Waals surface area contributed by atoms with E-state index < -0.39 is 5.97 Å². The van der Waals surface area contributed by atoms with Crippen molar-refractivity contribution >= 4 is 23.1 Å². The van der Waals surface area contributed by atoms with Crippen molar-refractivity contribution in [3.05, 3.63) is 24.3 Å². The van der Waals surface area contributed by atoms with Crippen molar-refractivity contribution in [2.24, 2.45) is 0 Å². The van der Waals surface area contributed by atoms with Gasteiger partial charge >= 0.3 is 5.97 Å². The fourth-order valence-electron chi connectivity index (χ4n) is 1.56. The van der Waals surface area contributed by atoms with Crippen LogP contribution in [-0.4, -0.2) is 22.1 Å². The molecule has 0 aliphatic heterocycles. The third-order valence-corrected chi connectivity index (χ3v) is 2.45. The lowest BCUT2D eigenvalue weighted by Gasteiger charge is -2.09. The molecule has 5 nitrogen and oxygen atoms in total. The van der Waals surface area contributed by atoms with Gasteiger partial charge in [0.15, 0.2) is 5.58 Å². The van der Waals surface area contributed by atoms with Crippen LogP contribution in [0.5, 0.6) is 0 Å². The number of fused-ring (bicyclic) bond motifs is 1. The zero-order chi connectivity index (χ0) is 12.3. The second kappa shape index (κ2) is 4.86. The topological polar surface area (TPSA) is 75.4 Å². The summed E-state index contributed by atoms with van der Waals surface area (Å²) in [5.74, 6) is -0.795. The molecule has 17 heavy (non-hydrogen) atoms. The Morgan fingerprint density at radius 3 is 3.00 bits per heavy atom. The molecular formula is C12H14N2O3. The molecule has 1 atom stereocenters. The standard InChI is InChI=1S/C12H14N2O3/c1-8(6-7-11(15)16)13-12-14-9-4-2-3-5-10(9)17-12/h2-5,8H,6-7H2,1H3,(H,13,14)(H,15,16). The number of oxazole rings is 1. The van der Waals surface area contributed by atoms with Crippen molar-refractivity contribution in [3.8, 4) is 0 Å². The number of aliphatic carboxylic acids is 1. The Kier molecular flexibility index (Phi) is 3.27. The molecule has 0 saturated heterocycles. The largest absolute Gasteiger partial charge is 0.481 e. The summed E-state index contributed by atoms with van der Waals surface area (Å²) in [4.78, 5) is 14.7. The van der Waals surface area contributed by atoms with Crippen LogP contribution in [0.2, 0.25) is 0 Å². The van der Waals surface area contributed by atoms with Crippen LogP contribution < -0.4 is 5.32 Å². The summed E-state index contributed by atoms with van der Waals surface area (Å²) in [5.41, 5.74) is 1.51. The second-order valence-corrected chi connectivity index (χ2v) is 3.96. The summed E-state index contributed by atoms with van der Waals surface area (Å²) >= 11 is 0. The number of hydrogen-bond acceptors (Lipinski definition) is 4. The van der Waals surface area contributed by atoms with E-state index in [0.29, 0.717) is 12.4 Å². The molecule has 1 heterocycles. The fourth-order valence-corrected chi connectivity index (χ4v) is 1.56. The van der Waals surface area contributed by atoms with Gasteiger partial charge in [-0.3, -0.25) is 4.79 Å². The van der Waals surface area contributed by atoms with Crippen LogP contribution in [0.1, 0.15) is 19.8 Å². The second-order valence-electron chi connectivity index (χ2n) is 3.96. The molecule has 5 heteroatoms. The lowest BCUT2D eigenvalue weighted by Crippen LogP contribution is -2.16. The van der Waals surface area contributed by atoms with E-state index in [1.54, 1.807) is 0 Å². The van der Waals surface area contributed by atoms with Crippen LogP contribution in [0.15, 0.2) is 28.7 Å². The Hall–Kier alpha value is -2.04. The molecular weight excluding hydrogens is 220 g/mol. The highest BCUT2D eigenvalue weighted by Gasteiger charge is 2.09. The van der Waals surface area contributed by atoms with Gasteiger partial charge in [-0.15, -0.1) is 0 Å². The van der Waals surface area contributed by atoms with E-state index in [9.17, 15) is 4.79 Å². The highest BCUT2D eigenvalue weighted by atomic mass is 16.4. The van der Waals surface area contributed by atoms with E-state index in [0.717, 1.165) is 11.1 Å². The number of nitrogens with one attached hydrogen (secondary N) is 1. The zero-order valence-electron chi connectivity index (χ0n) is 9.51. The number of hydrogen-bond donors (Lipinski definition) is 2. The van der Waals surface area contributed by atoms with Gasteiger partial charge in [-0.2, -0.15) is 4.98 Å². The minimum Gasteiger partial charge on any atom is -0.481 e. The summed E-state index contributed by atoms with van der Waals surface area (Å²) in [6.45, 7) is 1.90. The lowest BCUT2D eigenvalue weighted by molar-refractivity contribution is -0.137. The SMILES string of the molecule is CC(CCC(=O)O)Nc1nc2ccccc2o1. The molecule has 0 amide bonds. The van der Waals surface area contributed by atoms with Crippen LogP contribution in [0, 0.1) is 0 Å². The highest BCUT2D eigenvalue weighted by molar-refractivity contribution is 5.74. The average molecular weight is 234 g/mol. The number of anilines is 1. The van der Waals surface area contributed by atoms with Gasteiger partial charge in [-0.25, -0.2) is 0 Å². The third kappa shape index (κ3) is 2.96. The molecule has 2 aromatic rings. The molecule has 0 aliphatic rings. The lowest BCUT2D eigenvalue weighted by atomic mass is 10.2. The average Bonchev–Trinajstić information content (AvgIpc) is 2.68. The van der Waals surface area contributed by atoms with Crippen molar-refractivity contribution in [3.63, 3.8) is 0 Å². The molecule has 1 unspecified atom stereocenters. The van der Waals surface area contributed by atoms with Crippen LogP contribution >= 0.6 is 0 Å². The van der Waals surface area contributed by atoms with Crippen molar-refractivity contribution in [1.29, 1.82) is 0 Å². The zero-order valence-corrected chi connectivity index (χ0v) is 9.51.